The zero-order valence-electron chi connectivity index (χ0n) is 1.77. The normalized spacial score (nSPS) is 7.25. The van der Waals surface area contributed by atoms with E-state index in [-0.39, 0.29) is 12.4 Å². The molecule has 0 saturated carbocycles. The van der Waals surface area contributed by atoms with Crippen LogP contribution in [0.5, 0.6) is 0 Å². The highest BCUT2D eigenvalue weighted by atomic mass is 35.7. The summed E-state index contributed by atoms with van der Waals surface area (Å²) < 4.78 is 8.78. The predicted octanol–water partition coefficient (Wildman–Crippen LogP) is 1.32. The minimum Gasteiger partial charge on any atom is -0.313 e. The van der Waals surface area contributed by atoms with Crippen LogP contribution < -0.4 is 0 Å². The first kappa shape index (κ1) is 8.84. The van der Waals surface area contributed by atoms with Gasteiger partial charge < -0.3 is 4.57 Å². The molecule has 0 aromatic carbocycles. The summed E-state index contributed by atoms with van der Waals surface area (Å²) in [6.07, 6.45) is 0. The van der Waals surface area contributed by atoms with Gasteiger partial charge in [-0.1, -0.05) is 11.2 Å². The van der Waals surface area contributed by atoms with Crippen molar-refractivity contribution in [1.29, 1.82) is 0 Å². The minimum absolute atomic E-state index is 0. The summed E-state index contributed by atoms with van der Waals surface area (Å²) in [5.41, 5.74) is 0. The third-order valence-electron chi connectivity index (χ3n) is 0. The maximum absolute atomic E-state index is 8.78. The fourth-order valence-electron chi connectivity index (χ4n) is 0. The molecule has 0 aliphatic carbocycles. The van der Waals surface area contributed by atoms with Crippen LogP contribution in [0.2, 0.25) is 0 Å². The van der Waals surface area contributed by atoms with Crippen LogP contribution in [-0.4, -0.2) is 0 Å². The molecule has 0 radical (unpaired) electrons. The van der Waals surface area contributed by atoms with Crippen molar-refractivity contribution in [3.05, 3.63) is 0 Å². The van der Waals surface area contributed by atoms with Crippen LogP contribution in [0, 0.1) is 0 Å². The molecule has 4 heteroatoms. The molecule has 0 amide bonds. The van der Waals surface area contributed by atoms with Crippen LogP contribution in [-0.2, 0) is 4.57 Å². The molecule has 0 rings (SSSR count). The van der Waals surface area contributed by atoms with Gasteiger partial charge in [0.2, 0.25) is 0 Å². The van der Waals surface area contributed by atoms with Crippen molar-refractivity contribution < 1.29 is 4.57 Å². The van der Waals surface area contributed by atoms with Gasteiger partial charge in [-0.2, -0.15) is 0 Å². The smallest absolute Gasteiger partial charge is 0.146 e. The molecule has 0 saturated heterocycles. The summed E-state index contributed by atoms with van der Waals surface area (Å²) in [6, 6.07) is 0. The van der Waals surface area contributed by atoms with Crippen LogP contribution in [0.3, 0.4) is 0 Å². The minimum atomic E-state index is -1.03. The molecule has 1 atom stereocenters. The summed E-state index contributed by atoms with van der Waals surface area (Å²) in [4.78, 5) is 0. The average molecular weight is 121 g/mol. The fraction of sp³-hybridized carbons (Fsp3) is 0. The van der Waals surface area contributed by atoms with Gasteiger partial charge in [0.15, 0.2) is 0 Å². The Morgan fingerprint density at radius 2 is 1.75 bits per heavy atom. The summed E-state index contributed by atoms with van der Waals surface area (Å²) in [5.74, 6) is 0. The molecule has 0 aliphatic rings. The lowest BCUT2D eigenvalue weighted by Crippen LogP contribution is -0.706. The van der Waals surface area contributed by atoms with Crippen molar-refractivity contribution in [2.75, 3.05) is 0 Å². The molecule has 1 nitrogen and oxygen atoms in total. The zero-order valence-corrected chi connectivity index (χ0v) is 4.50. The Bertz CT molecular complexity index is 13.5. The van der Waals surface area contributed by atoms with Gasteiger partial charge in [0.05, 0.1) is 0 Å². The van der Waals surface area contributed by atoms with Crippen molar-refractivity contribution in [3.8, 4) is 0 Å². The lowest BCUT2D eigenvalue weighted by molar-refractivity contribution is 0.605. The Morgan fingerprint density at radius 1 is 1.75 bits per heavy atom. The molecule has 0 N–H and O–H groups in total. The van der Waals surface area contributed by atoms with Gasteiger partial charge in [-0.15, -0.1) is 12.4 Å². The molecule has 1 unspecified atom stereocenters. The van der Waals surface area contributed by atoms with E-state index in [0.29, 0.717) is 0 Å². The van der Waals surface area contributed by atoms with Crippen molar-refractivity contribution >= 4 is 31.5 Å². The van der Waals surface area contributed by atoms with Gasteiger partial charge in [-0.3, -0.25) is 0 Å². The van der Waals surface area contributed by atoms with Crippen molar-refractivity contribution in [1.82, 2.24) is 0 Å². The van der Waals surface area contributed by atoms with E-state index >= 15 is 0 Å². The fourth-order valence-corrected chi connectivity index (χ4v) is 0. The second kappa shape index (κ2) is 9.18. The molecule has 0 aromatic heterocycles. The first-order valence-corrected chi connectivity index (χ1v) is 2.67. The summed E-state index contributed by atoms with van der Waals surface area (Å²) >= 11 is 4.53. The van der Waals surface area contributed by atoms with E-state index in [1.54, 1.807) is 0 Å². The van der Waals surface area contributed by atoms with E-state index < -0.39 is 7.81 Å². The maximum atomic E-state index is 8.78. The number of hydrogen-bond donors (Lipinski definition) is 0. The van der Waals surface area contributed by atoms with Gasteiger partial charge >= 0.3 is 0 Å². The monoisotopic (exact) mass is 120 g/mol. The Labute approximate surface area is 36.7 Å². The Balaban J connectivity index is 0. The van der Waals surface area contributed by atoms with Gasteiger partial charge in [0.1, 0.15) is 7.81 Å². The second-order valence-corrected chi connectivity index (χ2v) is 0.802. The molecule has 0 aromatic rings. The van der Waals surface area contributed by atoms with Crippen LogP contribution in [0.4, 0.5) is 0 Å². The molecule has 0 spiro atoms. The summed E-state index contributed by atoms with van der Waals surface area (Å²) in [7, 11) is -1.03. The molecule has 0 heterocycles. The van der Waals surface area contributed by atoms with E-state index in [1.165, 1.54) is 0 Å². The van der Waals surface area contributed by atoms with Crippen LogP contribution >= 0.6 is 31.5 Å². The zero-order chi connectivity index (χ0) is 2.71. The van der Waals surface area contributed by atoms with Crippen LogP contribution in [0.15, 0.2) is 0 Å². The predicted molar refractivity (Wildman–Crippen MR) is 23.5 cm³/mol. The largest absolute Gasteiger partial charge is 0.313 e. The molecular formula is H3Cl2OP. The van der Waals surface area contributed by atoms with Gasteiger partial charge in [0, 0.05) is 0 Å². The van der Waals surface area contributed by atoms with E-state index in [2.05, 4.69) is 11.2 Å². The molecule has 28 valence electrons. The Hall–Kier alpha value is 0.810. The highest BCUT2D eigenvalue weighted by Crippen LogP contribution is 1.92. The molecular weight excluding hydrogens is 118 g/mol. The highest BCUT2D eigenvalue weighted by Gasteiger charge is 1.24. The molecule has 4 heavy (non-hydrogen) atoms. The van der Waals surface area contributed by atoms with Crippen LogP contribution in [0.1, 0.15) is 0 Å². The maximum Gasteiger partial charge on any atom is 0.146 e. The SMILES string of the molecule is Cl.O=[PH2]Cl. The number of halogens is 2. The lowest BCUT2D eigenvalue weighted by Gasteiger charge is -1.24. The summed E-state index contributed by atoms with van der Waals surface area (Å²) in [6.45, 7) is 0. The van der Waals surface area contributed by atoms with E-state index in [0.717, 1.165) is 0 Å². The molecule has 0 aliphatic heterocycles. The van der Waals surface area contributed by atoms with E-state index in [1.807, 2.05) is 0 Å². The summed E-state index contributed by atoms with van der Waals surface area (Å²) in [5, 5.41) is 0. The van der Waals surface area contributed by atoms with E-state index in [9.17, 15) is 0 Å². The van der Waals surface area contributed by atoms with Gasteiger partial charge in [0.25, 0.3) is 0 Å². The van der Waals surface area contributed by atoms with Crippen molar-refractivity contribution in [2.45, 2.75) is 0 Å². The topological polar surface area (TPSA) is 17.1 Å². The first-order chi connectivity index (χ1) is 1.41. The van der Waals surface area contributed by atoms with E-state index in [4.69, 9.17) is 4.57 Å². The quantitative estimate of drug-likeness (QED) is 0.441. The Morgan fingerprint density at radius 3 is 1.75 bits per heavy atom. The number of rotatable bonds is 0. The third kappa shape index (κ3) is 14.0. The average Bonchev–Trinajstić information content (AvgIpc) is 0.918. The highest BCUT2D eigenvalue weighted by molar-refractivity contribution is 7.57. The Kier molecular flexibility index (Phi) is 20.3. The first-order valence-electron chi connectivity index (χ1n) is 0.454. The van der Waals surface area contributed by atoms with Gasteiger partial charge in [-0.25, -0.2) is 0 Å². The van der Waals surface area contributed by atoms with Crippen molar-refractivity contribution in [3.63, 3.8) is 0 Å². The van der Waals surface area contributed by atoms with Crippen LogP contribution in [0.25, 0.3) is 0 Å². The van der Waals surface area contributed by atoms with Gasteiger partial charge in [-0.05, 0) is 0 Å². The lowest BCUT2D eigenvalue weighted by atomic mass is 16.0. The number of hydrogen-bond acceptors (Lipinski definition) is 1. The standard InChI is InChI=1S/ClH2OP.ClH/c1-3-2;/h3H2;1H. The molecule has 0 bridgehead atoms. The van der Waals surface area contributed by atoms with Crippen molar-refractivity contribution in [2.24, 2.45) is 0 Å². The second-order valence-electron chi connectivity index (χ2n) is 0.0891. The molecule has 0 fully saturated rings. The third-order valence-corrected chi connectivity index (χ3v) is 0.